The fourth-order valence-electron chi connectivity index (χ4n) is 3.34. The first kappa shape index (κ1) is 20.8. The number of halogens is 1. The number of ether oxygens (including phenoxy) is 2. The number of nitrogens with zero attached hydrogens (tertiary/aromatic N) is 4. The maximum atomic E-state index is 12.8. The summed E-state index contributed by atoms with van der Waals surface area (Å²) in [4.78, 5) is 12.8. The van der Waals surface area contributed by atoms with Crippen LogP contribution in [-0.2, 0) is 16.1 Å². The molecule has 1 atom stereocenters. The molecule has 4 rings (SSSR count). The van der Waals surface area contributed by atoms with Crippen molar-refractivity contribution in [2.75, 3.05) is 11.9 Å². The summed E-state index contributed by atoms with van der Waals surface area (Å²) in [7, 11) is 0. The highest BCUT2D eigenvalue weighted by molar-refractivity contribution is 9.10. The van der Waals surface area contributed by atoms with Crippen molar-refractivity contribution in [3.05, 3.63) is 88.1 Å². The van der Waals surface area contributed by atoms with Gasteiger partial charge in [-0.2, -0.15) is 4.68 Å². The summed E-state index contributed by atoms with van der Waals surface area (Å²) in [5.41, 5.74) is 2.96. The third-order valence-corrected chi connectivity index (χ3v) is 5.25. The first-order valence-electron chi connectivity index (χ1n) is 9.57. The van der Waals surface area contributed by atoms with Crippen LogP contribution in [0.2, 0.25) is 0 Å². The minimum absolute atomic E-state index is 0.118. The zero-order valence-corrected chi connectivity index (χ0v) is 18.4. The smallest absolute Gasteiger partial charge is 0.338 e. The van der Waals surface area contributed by atoms with Gasteiger partial charge in [0.15, 0.2) is 0 Å². The van der Waals surface area contributed by atoms with E-state index in [0.29, 0.717) is 29.6 Å². The molecule has 0 saturated heterocycles. The van der Waals surface area contributed by atoms with E-state index in [2.05, 4.69) is 43.4 Å². The SMILES string of the molecule is C=CCOC(=O)C1=C(C)Nc2nnnn2C1c1ccc(OCc2cccc(Br)c2)cc1. The molecule has 0 aliphatic carbocycles. The van der Waals surface area contributed by atoms with Crippen LogP contribution in [0.5, 0.6) is 5.75 Å². The number of anilines is 1. The number of fused-ring (bicyclic) bond motifs is 1. The Hall–Kier alpha value is -3.46. The molecule has 0 fully saturated rings. The van der Waals surface area contributed by atoms with Crippen molar-refractivity contribution in [3.8, 4) is 5.75 Å². The van der Waals surface area contributed by atoms with Gasteiger partial charge in [0.2, 0.25) is 5.95 Å². The van der Waals surface area contributed by atoms with Gasteiger partial charge >= 0.3 is 5.97 Å². The molecule has 158 valence electrons. The number of allylic oxidation sites excluding steroid dienone is 1. The molecule has 8 nitrogen and oxygen atoms in total. The summed E-state index contributed by atoms with van der Waals surface area (Å²) in [6.07, 6.45) is 1.53. The van der Waals surface area contributed by atoms with Gasteiger partial charge in [-0.05, 0) is 52.7 Å². The molecule has 0 saturated carbocycles. The molecule has 0 bridgehead atoms. The van der Waals surface area contributed by atoms with Crippen LogP contribution in [0.4, 0.5) is 5.95 Å². The average Bonchev–Trinajstić information content (AvgIpc) is 3.23. The molecule has 0 radical (unpaired) electrons. The molecule has 3 aromatic rings. The van der Waals surface area contributed by atoms with Gasteiger partial charge in [-0.25, -0.2) is 4.79 Å². The van der Waals surface area contributed by atoms with E-state index < -0.39 is 12.0 Å². The lowest BCUT2D eigenvalue weighted by Crippen LogP contribution is -2.29. The van der Waals surface area contributed by atoms with Crippen LogP contribution >= 0.6 is 15.9 Å². The number of nitrogens with one attached hydrogen (secondary N) is 1. The molecule has 31 heavy (non-hydrogen) atoms. The largest absolute Gasteiger partial charge is 0.489 e. The second-order valence-electron chi connectivity index (χ2n) is 6.89. The number of hydrogen-bond donors (Lipinski definition) is 1. The Morgan fingerprint density at radius 3 is 2.84 bits per heavy atom. The molecule has 9 heteroatoms. The van der Waals surface area contributed by atoms with Gasteiger partial charge in [0.05, 0.1) is 5.57 Å². The third kappa shape index (κ3) is 4.51. The highest BCUT2D eigenvalue weighted by atomic mass is 79.9. The first-order valence-corrected chi connectivity index (χ1v) is 10.4. The molecule has 0 spiro atoms. The molecule has 2 heterocycles. The summed E-state index contributed by atoms with van der Waals surface area (Å²) in [6, 6.07) is 14.9. The molecule has 0 amide bonds. The Morgan fingerprint density at radius 2 is 2.10 bits per heavy atom. The second kappa shape index (κ2) is 9.13. The number of carbonyl (C=O) groups is 1. The number of tetrazole rings is 1. The highest BCUT2D eigenvalue weighted by Crippen LogP contribution is 2.35. The second-order valence-corrected chi connectivity index (χ2v) is 7.80. The average molecular weight is 482 g/mol. The lowest BCUT2D eigenvalue weighted by atomic mass is 9.96. The Labute approximate surface area is 187 Å². The third-order valence-electron chi connectivity index (χ3n) is 4.76. The van der Waals surface area contributed by atoms with E-state index in [1.54, 1.807) is 11.6 Å². The zero-order valence-electron chi connectivity index (χ0n) is 16.8. The number of benzene rings is 2. The van der Waals surface area contributed by atoms with Crippen LogP contribution in [0.3, 0.4) is 0 Å². The van der Waals surface area contributed by atoms with Crippen LogP contribution in [0.1, 0.15) is 24.1 Å². The first-order chi connectivity index (χ1) is 15.1. The molecular weight excluding hydrogens is 462 g/mol. The fraction of sp³-hybridized carbons (Fsp3) is 0.182. The van der Waals surface area contributed by atoms with E-state index in [1.807, 2.05) is 48.5 Å². The molecule has 1 aromatic heterocycles. The number of carbonyl (C=O) groups excluding carboxylic acids is 1. The Balaban J connectivity index is 1.59. The predicted octanol–water partition coefficient (Wildman–Crippen LogP) is 4.03. The predicted molar refractivity (Wildman–Crippen MR) is 118 cm³/mol. The van der Waals surface area contributed by atoms with Gasteiger partial charge < -0.3 is 14.8 Å². The quantitative estimate of drug-likeness (QED) is 0.402. The van der Waals surface area contributed by atoms with Crippen molar-refractivity contribution in [1.82, 2.24) is 20.2 Å². The van der Waals surface area contributed by atoms with Gasteiger partial charge in [-0.15, -0.1) is 0 Å². The van der Waals surface area contributed by atoms with Gasteiger partial charge in [0.1, 0.15) is 25.0 Å². The van der Waals surface area contributed by atoms with Gasteiger partial charge in [0.25, 0.3) is 0 Å². The summed E-state index contributed by atoms with van der Waals surface area (Å²) < 4.78 is 13.8. The Morgan fingerprint density at radius 1 is 1.29 bits per heavy atom. The molecule has 1 unspecified atom stereocenters. The van der Waals surface area contributed by atoms with Crippen LogP contribution in [0.15, 0.2) is 76.9 Å². The van der Waals surface area contributed by atoms with E-state index in [1.165, 1.54) is 6.08 Å². The van der Waals surface area contributed by atoms with E-state index in [9.17, 15) is 4.79 Å². The Bertz CT molecular complexity index is 1140. The van der Waals surface area contributed by atoms with Crippen molar-refractivity contribution in [2.45, 2.75) is 19.6 Å². The fourth-order valence-corrected chi connectivity index (χ4v) is 3.78. The maximum absolute atomic E-state index is 12.8. The maximum Gasteiger partial charge on any atom is 0.338 e. The minimum Gasteiger partial charge on any atom is -0.489 e. The number of aromatic nitrogens is 4. The van der Waals surface area contributed by atoms with Crippen molar-refractivity contribution in [2.24, 2.45) is 0 Å². The number of rotatable bonds is 7. The van der Waals surface area contributed by atoms with Crippen LogP contribution in [0.25, 0.3) is 0 Å². The summed E-state index contributed by atoms with van der Waals surface area (Å²) in [5.74, 6) is 0.717. The lowest BCUT2D eigenvalue weighted by molar-refractivity contribution is -0.138. The minimum atomic E-state index is -0.525. The highest BCUT2D eigenvalue weighted by Gasteiger charge is 2.34. The summed E-state index contributed by atoms with van der Waals surface area (Å²) in [5, 5.41) is 14.8. The number of hydrogen-bond acceptors (Lipinski definition) is 7. The van der Waals surface area contributed by atoms with Gasteiger partial charge in [0, 0.05) is 10.2 Å². The van der Waals surface area contributed by atoms with Crippen molar-refractivity contribution >= 4 is 27.8 Å². The molecular formula is C22H20BrN5O3. The standard InChI is InChI=1S/C22H20BrN5O3/c1-3-11-30-21(29)19-14(2)24-22-25-26-27-28(22)20(19)16-7-9-18(10-8-16)31-13-15-5-4-6-17(23)12-15/h3-10,12,20H,1,11,13H2,2H3,(H,24,25,27). The van der Waals surface area contributed by atoms with Crippen molar-refractivity contribution < 1.29 is 14.3 Å². The summed E-state index contributed by atoms with van der Waals surface area (Å²) in [6.45, 7) is 5.95. The molecule has 1 aliphatic heterocycles. The topological polar surface area (TPSA) is 91.2 Å². The number of esters is 1. The molecule has 1 N–H and O–H groups in total. The van der Waals surface area contributed by atoms with Crippen LogP contribution in [0, 0.1) is 0 Å². The van der Waals surface area contributed by atoms with E-state index in [4.69, 9.17) is 9.47 Å². The molecule has 1 aliphatic rings. The van der Waals surface area contributed by atoms with Crippen LogP contribution in [-0.4, -0.2) is 32.8 Å². The van der Waals surface area contributed by atoms with Gasteiger partial charge in [-0.3, -0.25) is 0 Å². The van der Waals surface area contributed by atoms with E-state index in [0.717, 1.165) is 15.6 Å². The van der Waals surface area contributed by atoms with Crippen molar-refractivity contribution in [3.63, 3.8) is 0 Å². The zero-order chi connectivity index (χ0) is 21.8. The van der Waals surface area contributed by atoms with E-state index in [-0.39, 0.29) is 6.61 Å². The summed E-state index contributed by atoms with van der Waals surface area (Å²) >= 11 is 3.46. The van der Waals surface area contributed by atoms with Crippen molar-refractivity contribution in [1.29, 1.82) is 0 Å². The van der Waals surface area contributed by atoms with Gasteiger partial charge in [-0.1, -0.05) is 57.9 Å². The normalized spacial score (nSPS) is 15.1. The monoisotopic (exact) mass is 481 g/mol. The van der Waals surface area contributed by atoms with E-state index >= 15 is 0 Å². The molecule has 2 aromatic carbocycles. The van der Waals surface area contributed by atoms with Crippen LogP contribution < -0.4 is 10.1 Å². The Kier molecular flexibility index (Phi) is 6.13. The lowest BCUT2D eigenvalue weighted by Gasteiger charge is -2.27.